The molecule has 0 bridgehead atoms. The first kappa shape index (κ1) is 13.2. The number of nitrogens with two attached hydrogens (primary N) is 1. The molecule has 0 saturated heterocycles. The molecule has 0 aliphatic rings. The summed E-state index contributed by atoms with van der Waals surface area (Å²) in [5.74, 6) is 0.436. The van der Waals surface area contributed by atoms with E-state index in [0.717, 1.165) is 5.56 Å². The minimum Gasteiger partial charge on any atom is -0.341 e. The predicted octanol–water partition coefficient (Wildman–Crippen LogP) is 0.160. The number of aryl methyl sites for hydroxylation is 1. The van der Waals surface area contributed by atoms with Gasteiger partial charge in [-0.1, -0.05) is 6.07 Å². The maximum atomic E-state index is 12.0. The lowest BCUT2D eigenvalue weighted by atomic mass is 10.2. The van der Waals surface area contributed by atoms with Crippen LogP contribution < -0.4 is 11.1 Å². The third kappa shape index (κ3) is 2.94. The maximum Gasteiger partial charge on any atom is 0.270 e. The Morgan fingerprint density at radius 3 is 2.84 bits per heavy atom. The van der Waals surface area contributed by atoms with Gasteiger partial charge >= 0.3 is 0 Å². The second kappa shape index (κ2) is 5.57. The van der Waals surface area contributed by atoms with Gasteiger partial charge in [-0.3, -0.25) is 9.78 Å². The highest BCUT2D eigenvalue weighted by atomic mass is 16.1. The molecule has 0 saturated carbocycles. The summed E-state index contributed by atoms with van der Waals surface area (Å²) in [4.78, 5) is 16.1. The summed E-state index contributed by atoms with van der Waals surface area (Å²) in [6.07, 6.45) is 3.19. The van der Waals surface area contributed by atoms with E-state index >= 15 is 0 Å². The molecule has 100 valence electrons. The summed E-state index contributed by atoms with van der Waals surface area (Å²) in [5, 5.41) is 10.5. The third-order valence-corrected chi connectivity index (χ3v) is 2.77. The monoisotopic (exact) mass is 260 g/mol. The van der Waals surface area contributed by atoms with Crippen molar-refractivity contribution in [1.82, 2.24) is 25.1 Å². The fourth-order valence-corrected chi connectivity index (χ4v) is 1.70. The zero-order valence-corrected chi connectivity index (χ0v) is 10.9. The van der Waals surface area contributed by atoms with E-state index in [1.165, 1.54) is 0 Å². The van der Waals surface area contributed by atoms with Crippen LogP contribution in [-0.2, 0) is 13.6 Å². The zero-order chi connectivity index (χ0) is 13.8. The van der Waals surface area contributed by atoms with Crippen molar-refractivity contribution >= 4 is 5.91 Å². The van der Waals surface area contributed by atoms with Gasteiger partial charge in [-0.2, -0.15) is 0 Å². The van der Waals surface area contributed by atoms with Crippen LogP contribution in [0.25, 0.3) is 0 Å². The molecule has 0 aromatic carbocycles. The molecule has 0 radical (unpaired) electrons. The van der Waals surface area contributed by atoms with Crippen LogP contribution >= 0.6 is 0 Å². The molecule has 0 aliphatic carbocycles. The average Bonchev–Trinajstić information content (AvgIpc) is 2.85. The van der Waals surface area contributed by atoms with Crippen LogP contribution in [0.4, 0.5) is 0 Å². The zero-order valence-electron chi connectivity index (χ0n) is 10.9. The highest BCUT2D eigenvalue weighted by Gasteiger charge is 2.15. The van der Waals surface area contributed by atoms with Crippen LogP contribution in [0.3, 0.4) is 0 Å². The van der Waals surface area contributed by atoms with E-state index in [1.54, 1.807) is 29.2 Å². The molecular weight excluding hydrogens is 244 g/mol. The Morgan fingerprint density at radius 1 is 1.53 bits per heavy atom. The fraction of sp³-hybridized carbons (Fsp3) is 0.333. The van der Waals surface area contributed by atoms with Gasteiger partial charge in [0.05, 0.1) is 6.04 Å². The van der Waals surface area contributed by atoms with E-state index in [1.807, 2.05) is 14.0 Å². The Bertz CT molecular complexity index is 562. The summed E-state index contributed by atoms with van der Waals surface area (Å²) in [6.45, 7) is 2.25. The summed E-state index contributed by atoms with van der Waals surface area (Å²) in [7, 11) is 1.83. The van der Waals surface area contributed by atoms with Gasteiger partial charge in [-0.05, 0) is 18.6 Å². The quantitative estimate of drug-likeness (QED) is 0.815. The lowest BCUT2D eigenvalue weighted by Gasteiger charge is -2.12. The molecule has 19 heavy (non-hydrogen) atoms. The van der Waals surface area contributed by atoms with Crippen LogP contribution in [0.2, 0.25) is 0 Å². The molecule has 1 atom stereocenters. The molecule has 2 aromatic heterocycles. The number of pyridine rings is 1. The van der Waals surface area contributed by atoms with E-state index in [2.05, 4.69) is 20.5 Å². The highest BCUT2D eigenvalue weighted by Crippen LogP contribution is 2.08. The van der Waals surface area contributed by atoms with Crippen molar-refractivity contribution in [2.45, 2.75) is 19.5 Å². The molecule has 0 spiro atoms. The second-order valence-electron chi connectivity index (χ2n) is 4.25. The molecule has 1 unspecified atom stereocenters. The molecule has 2 aromatic rings. The fourth-order valence-electron chi connectivity index (χ4n) is 1.70. The number of nitrogens with one attached hydrogen (secondary N) is 1. The number of amides is 1. The second-order valence-corrected chi connectivity index (χ2v) is 4.25. The summed E-state index contributed by atoms with van der Waals surface area (Å²) < 4.78 is 1.76. The number of carbonyl (C=O) groups is 1. The minimum absolute atomic E-state index is 0.240. The van der Waals surface area contributed by atoms with Crippen LogP contribution in [0.1, 0.15) is 34.8 Å². The van der Waals surface area contributed by atoms with Crippen molar-refractivity contribution in [3.05, 3.63) is 41.7 Å². The van der Waals surface area contributed by atoms with Crippen LogP contribution in [0.15, 0.2) is 24.7 Å². The number of hydrogen-bond acceptors (Lipinski definition) is 5. The van der Waals surface area contributed by atoms with Crippen LogP contribution in [-0.4, -0.2) is 25.7 Å². The topological polar surface area (TPSA) is 98.7 Å². The lowest BCUT2D eigenvalue weighted by Crippen LogP contribution is -2.29. The summed E-state index contributed by atoms with van der Waals surface area (Å²) >= 11 is 0. The largest absolute Gasteiger partial charge is 0.341 e. The number of hydrogen-bond donors (Lipinski definition) is 2. The Morgan fingerprint density at radius 2 is 2.32 bits per heavy atom. The third-order valence-electron chi connectivity index (χ3n) is 2.77. The first-order valence-corrected chi connectivity index (χ1v) is 5.91. The molecule has 1 amide bonds. The Balaban J connectivity index is 2.06. The molecule has 2 rings (SSSR count). The number of nitrogens with zero attached hydrogens (tertiary/aromatic N) is 4. The average molecular weight is 260 g/mol. The maximum absolute atomic E-state index is 12.0. The number of rotatable bonds is 4. The Labute approximate surface area is 110 Å². The minimum atomic E-state index is -0.251. The summed E-state index contributed by atoms with van der Waals surface area (Å²) in [5.41, 5.74) is 6.72. The molecule has 0 fully saturated rings. The van der Waals surface area contributed by atoms with Gasteiger partial charge in [0.2, 0.25) is 0 Å². The normalized spacial score (nSPS) is 12.2. The Hall–Kier alpha value is -2.28. The smallest absolute Gasteiger partial charge is 0.270 e. The van der Waals surface area contributed by atoms with Gasteiger partial charge in [-0.25, -0.2) is 0 Å². The molecule has 7 nitrogen and oxygen atoms in total. The van der Waals surface area contributed by atoms with Crippen molar-refractivity contribution in [1.29, 1.82) is 0 Å². The van der Waals surface area contributed by atoms with Crippen molar-refractivity contribution in [3.63, 3.8) is 0 Å². The van der Waals surface area contributed by atoms with Crippen LogP contribution in [0, 0.1) is 0 Å². The van der Waals surface area contributed by atoms with Crippen molar-refractivity contribution in [3.8, 4) is 0 Å². The SMILES string of the molecule is CC(NC(=O)c1ccc(CN)cn1)c1nncn1C. The molecule has 0 aliphatic heterocycles. The van der Waals surface area contributed by atoms with Gasteiger partial charge in [0, 0.05) is 19.8 Å². The van der Waals surface area contributed by atoms with Gasteiger partial charge < -0.3 is 15.6 Å². The highest BCUT2D eigenvalue weighted by molar-refractivity contribution is 5.92. The van der Waals surface area contributed by atoms with Gasteiger partial charge in [0.25, 0.3) is 5.91 Å². The molecule has 2 heterocycles. The molecular formula is C12H16N6O. The van der Waals surface area contributed by atoms with Crippen LogP contribution in [0.5, 0.6) is 0 Å². The summed E-state index contributed by atoms with van der Waals surface area (Å²) in [6, 6.07) is 3.20. The van der Waals surface area contributed by atoms with Crippen molar-refractivity contribution in [2.75, 3.05) is 0 Å². The van der Waals surface area contributed by atoms with E-state index in [0.29, 0.717) is 18.1 Å². The molecule has 7 heteroatoms. The van der Waals surface area contributed by atoms with E-state index < -0.39 is 0 Å². The predicted molar refractivity (Wildman–Crippen MR) is 69.0 cm³/mol. The lowest BCUT2D eigenvalue weighted by molar-refractivity contribution is 0.0932. The van der Waals surface area contributed by atoms with Crippen molar-refractivity contribution in [2.24, 2.45) is 12.8 Å². The van der Waals surface area contributed by atoms with Crippen molar-refractivity contribution < 1.29 is 4.79 Å². The van der Waals surface area contributed by atoms with E-state index in [4.69, 9.17) is 5.73 Å². The van der Waals surface area contributed by atoms with Gasteiger partial charge in [0.15, 0.2) is 5.82 Å². The standard InChI is InChI=1S/C12H16N6O/c1-8(11-17-15-7-18(11)2)16-12(19)10-4-3-9(5-13)6-14-10/h3-4,6-8H,5,13H2,1-2H3,(H,16,19). The first-order valence-electron chi connectivity index (χ1n) is 5.91. The molecule has 3 N–H and O–H groups in total. The van der Waals surface area contributed by atoms with Gasteiger partial charge in [0.1, 0.15) is 12.0 Å². The van der Waals surface area contributed by atoms with E-state index in [-0.39, 0.29) is 11.9 Å². The van der Waals surface area contributed by atoms with E-state index in [9.17, 15) is 4.79 Å². The van der Waals surface area contributed by atoms with Gasteiger partial charge in [-0.15, -0.1) is 10.2 Å². The Kier molecular flexibility index (Phi) is 3.86. The first-order chi connectivity index (χ1) is 9.11. The number of aromatic nitrogens is 4. The number of carbonyl (C=O) groups excluding carboxylic acids is 1.